The molecule has 2 saturated heterocycles. The number of aromatic hydroxyl groups is 1. The van der Waals surface area contributed by atoms with Crippen LogP contribution in [0.5, 0.6) is 11.5 Å². The zero-order chi connectivity index (χ0) is 33.6. The molecule has 1 N–H and O–H groups in total. The summed E-state index contributed by atoms with van der Waals surface area (Å²) in [7, 11) is 0. The third-order valence-electron chi connectivity index (χ3n) is 11.0. The molecule has 13 heteroatoms. The van der Waals surface area contributed by atoms with Gasteiger partial charge in [-0.05, 0) is 74.9 Å². The monoisotopic (exact) mass is 674 g/mol. The second-order valence-corrected chi connectivity index (χ2v) is 13.8. The van der Waals surface area contributed by atoms with Crippen molar-refractivity contribution in [3.8, 4) is 11.5 Å². The van der Waals surface area contributed by atoms with Crippen molar-refractivity contribution in [1.29, 1.82) is 0 Å². The molecular weight excluding hydrogens is 644 g/mol. The molecule has 0 bridgehead atoms. The molecule has 4 amide bonds. The van der Waals surface area contributed by atoms with E-state index in [9.17, 15) is 41.8 Å². The fourth-order valence-corrected chi connectivity index (χ4v) is 9.09. The van der Waals surface area contributed by atoms with Crippen LogP contribution in [-0.2, 0) is 19.2 Å². The predicted molar refractivity (Wildman–Crippen MR) is 160 cm³/mol. The Bertz CT molecular complexity index is 1740. The highest BCUT2D eigenvalue weighted by atomic mass is 35.5. The number of imide groups is 2. The van der Waals surface area contributed by atoms with Crippen LogP contribution in [0.25, 0.3) is 0 Å². The van der Waals surface area contributed by atoms with Gasteiger partial charge in [0.05, 0.1) is 33.9 Å². The van der Waals surface area contributed by atoms with Gasteiger partial charge in [0, 0.05) is 17.5 Å². The zero-order valence-corrected chi connectivity index (χ0v) is 26.0. The van der Waals surface area contributed by atoms with Gasteiger partial charge >= 0.3 is 6.36 Å². The van der Waals surface area contributed by atoms with E-state index in [-0.39, 0.29) is 47.0 Å². The number of rotatable bonds is 4. The average molecular weight is 675 g/mol. The summed E-state index contributed by atoms with van der Waals surface area (Å²) in [4.78, 5) is 58.9. The SMILES string of the molecule is C[C@@]12C(=O)N(c3ccc(F)c(Cl)c3)C(=O)[C@@H]1C[C@@H]1C(=CC[C@@H]3C(=O)N(C4CCCCC4)C(=O)[C@@H]31)[C@@H]2c1cc(OC(F)(F)F)ccc1O. The quantitative estimate of drug-likeness (QED) is 0.221. The molecule has 248 valence electrons. The number of hydrogen-bond acceptors (Lipinski definition) is 6. The van der Waals surface area contributed by atoms with E-state index in [1.807, 2.05) is 0 Å². The predicted octanol–water partition coefficient (Wildman–Crippen LogP) is 6.65. The summed E-state index contributed by atoms with van der Waals surface area (Å²) in [5.41, 5.74) is -1.24. The Morgan fingerprint density at radius 1 is 0.957 bits per heavy atom. The maximum absolute atomic E-state index is 14.5. The van der Waals surface area contributed by atoms with Crippen molar-refractivity contribution < 1.29 is 46.6 Å². The summed E-state index contributed by atoms with van der Waals surface area (Å²) in [5.74, 6) is -8.37. The van der Waals surface area contributed by atoms with Crippen LogP contribution < -0.4 is 9.64 Å². The molecule has 47 heavy (non-hydrogen) atoms. The number of carbonyl (C=O) groups excluding carboxylic acids is 4. The van der Waals surface area contributed by atoms with Gasteiger partial charge in [0.25, 0.3) is 0 Å². The number of halogens is 5. The number of amides is 4. The van der Waals surface area contributed by atoms with E-state index in [1.54, 1.807) is 6.08 Å². The molecule has 3 aliphatic carbocycles. The third kappa shape index (κ3) is 4.85. The summed E-state index contributed by atoms with van der Waals surface area (Å²) >= 11 is 6.01. The fourth-order valence-electron chi connectivity index (χ4n) is 8.91. The molecule has 2 aromatic rings. The maximum Gasteiger partial charge on any atom is 0.573 e. The van der Waals surface area contributed by atoms with E-state index in [1.165, 1.54) is 17.9 Å². The molecule has 0 spiro atoms. The molecule has 2 aliphatic heterocycles. The maximum atomic E-state index is 14.5. The minimum atomic E-state index is -5.05. The van der Waals surface area contributed by atoms with Crippen LogP contribution in [0.15, 0.2) is 48.0 Å². The van der Waals surface area contributed by atoms with Gasteiger partial charge in [0.2, 0.25) is 23.6 Å². The first-order valence-corrected chi connectivity index (χ1v) is 16.1. The summed E-state index contributed by atoms with van der Waals surface area (Å²) in [6, 6.07) is 6.12. The van der Waals surface area contributed by atoms with Crippen LogP contribution in [0, 0.1) is 34.9 Å². The Balaban J connectivity index is 1.37. The van der Waals surface area contributed by atoms with Crippen molar-refractivity contribution in [2.24, 2.45) is 29.1 Å². The lowest BCUT2D eigenvalue weighted by molar-refractivity contribution is -0.274. The molecule has 2 heterocycles. The Labute approximate surface area is 272 Å². The zero-order valence-electron chi connectivity index (χ0n) is 25.2. The van der Waals surface area contributed by atoms with E-state index >= 15 is 0 Å². The first kappa shape index (κ1) is 31.7. The number of phenolic OH excluding ortho intramolecular Hbond substituents is 1. The molecule has 2 saturated carbocycles. The number of phenols is 1. The topological polar surface area (TPSA) is 104 Å². The number of carbonyl (C=O) groups is 4. The Kier molecular flexibility index (Phi) is 7.46. The fraction of sp³-hybridized carbons (Fsp3) is 0.471. The van der Waals surface area contributed by atoms with Crippen LogP contribution in [-0.4, -0.2) is 46.0 Å². The molecule has 5 aliphatic rings. The second-order valence-electron chi connectivity index (χ2n) is 13.4. The number of hydrogen-bond donors (Lipinski definition) is 1. The van der Waals surface area contributed by atoms with Gasteiger partial charge in [-0.25, -0.2) is 9.29 Å². The first-order chi connectivity index (χ1) is 22.2. The second kappa shape index (κ2) is 11.1. The van der Waals surface area contributed by atoms with Crippen molar-refractivity contribution in [2.75, 3.05) is 4.90 Å². The molecular formula is C34H31ClF4N2O6. The number of ether oxygens (including phenoxy) is 1. The third-order valence-corrected chi connectivity index (χ3v) is 11.2. The first-order valence-electron chi connectivity index (χ1n) is 15.7. The largest absolute Gasteiger partial charge is 0.573 e. The molecule has 0 radical (unpaired) electrons. The Morgan fingerprint density at radius 3 is 2.36 bits per heavy atom. The summed E-state index contributed by atoms with van der Waals surface area (Å²) in [6.07, 6.45) is 1.06. The lowest BCUT2D eigenvalue weighted by atomic mass is 9.51. The van der Waals surface area contributed by atoms with Gasteiger partial charge in [-0.2, -0.15) is 0 Å². The van der Waals surface area contributed by atoms with Crippen molar-refractivity contribution in [2.45, 2.75) is 70.2 Å². The molecule has 4 fully saturated rings. The van der Waals surface area contributed by atoms with Crippen LogP contribution >= 0.6 is 11.6 Å². The molecule has 0 unspecified atom stereocenters. The molecule has 0 aromatic heterocycles. The van der Waals surface area contributed by atoms with E-state index in [0.29, 0.717) is 18.4 Å². The minimum Gasteiger partial charge on any atom is -0.508 e. The van der Waals surface area contributed by atoms with Crippen LogP contribution in [0.2, 0.25) is 5.02 Å². The molecule has 6 atom stereocenters. The Hall–Kier alpha value is -3.93. The number of anilines is 1. The number of nitrogens with zero attached hydrogens (tertiary/aromatic N) is 2. The van der Waals surface area contributed by atoms with E-state index in [0.717, 1.165) is 54.5 Å². The number of benzene rings is 2. The van der Waals surface area contributed by atoms with Crippen LogP contribution in [0.3, 0.4) is 0 Å². The van der Waals surface area contributed by atoms with Crippen molar-refractivity contribution in [1.82, 2.24) is 4.90 Å². The number of fused-ring (bicyclic) bond motifs is 4. The van der Waals surface area contributed by atoms with E-state index < -0.39 is 70.5 Å². The highest BCUT2D eigenvalue weighted by Gasteiger charge is 2.68. The molecule has 2 aromatic carbocycles. The summed E-state index contributed by atoms with van der Waals surface area (Å²) in [6.45, 7) is 1.52. The standard InChI is InChI=1S/C34H31ClF4N2O6/c1-33-23(30(44)41(32(33)46)17-7-11-25(36)24(35)13-17)15-21-19(28(33)22-14-18(8-12-26(22)42)47-34(37,38)39)9-10-20-27(21)31(45)40(29(20)43)16-5-3-2-4-6-16/h7-9,11-14,16,20-21,23,27-28,42H,2-6,10,15H2,1H3/t20-,21+,23-,27-,28+,33+/m0/s1. The van der Waals surface area contributed by atoms with Crippen LogP contribution in [0.1, 0.15) is 63.4 Å². The van der Waals surface area contributed by atoms with Crippen LogP contribution in [0.4, 0.5) is 23.2 Å². The van der Waals surface area contributed by atoms with Gasteiger partial charge in [0.1, 0.15) is 17.3 Å². The highest BCUT2D eigenvalue weighted by molar-refractivity contribution is 6.31. The van der Waals surface area contributed by atoms with E-state index in [4.69, 9.17) is 11.6 Å². The average Bonchev–Trinajstić information content (AvgIpc) is 3.39. The van der Waals surface area contributed by atoms with E-state index in [2.05, 4.69) is 4.74 Å². The smallest absolute Gasteiger partial charge is 0.508 e. The van der Waals surface area contributed by atoms with Crippen molar-refractivity contribution >= 4 is 40.9 Å². The molecule has 8 nitrogen and oxygen atoms in total. The van der Waals surface area contributed by atoms with Gasteiger partial charge in [0.15, 0.2) is 0 Å². The normalized spacial score (nSPS) is 31.1. The number of allylic oxidation sites excluding steroid dienone is 2. The minimum absolute atomic E-state index is 0.00424. The summed E-state index contributed by atoms with van der Waals surface area (Å²) in [5, 5.41) is 10.8. The van der Waals surface area contributed by atoms with Gasteiger partial charge in [-0.15, -0.1) is 13.2 Å². The molecule has 7 rings (SSSR count). The highest BCUT2D eigenvalue weighted by Crippen LogP contribution is 2.64. The van der Waals surface area contributed by atoms with Gasteiger partial charge in [-0.3, -0.25) is 24.1 Å². The van der Waals surface area contributed by atoms with Crippen molar-refractivity contribution in [3.63, 3.8) is 0 Å². The van der Waals surface area contributed by atoms with Crippen molar-refractivity contribution in [3.05, 3.63) is 64.5 Å². The van der Waals surface area contributed by atoms with Gasteiger partial charge in [-0.1, -0.05) is 42.5 Å². The number of likely N-dealkylation sites (tertiary alicyclic amines) is 1. The summed E-state index contributed by atoms with van der Waals surface area (Å²) < 4.78 is 58.1. The lowest BCUT2D eigenvalue weighted by Gasteiger charge is -2.49. The number of alkyl halides is 3. The lowest BCUT2D eigenvalue weighted by Crippen LogP contribution is -2.49. The van der Waals surface area contributed by atoms with Gasteiger partial charge < -0.3 is 9.84 Å². The Morgan fingerprint density at radius 2 is 1.68 bits per heavy atom.